The van der Waals surface area contributed by atoms with Gasteiger partial charge in [0, 0.05) is 26.1 Å². The smallest absolute Gasteiger partial charge is 0.246 e. The number of amides is 2. The monoisotopic (exact) mass is 511 g/mol. The number of likely N-dealkylation sites (tertiary alicyclic amines) is 1. The number of rotatable bonds is 8. The molecule has 0 bridgehead atoms. The van der Waals surface area contributed by atoms with Crippen LogP contribution in [0.25, 0.3) is 0 Å². The SMILES string of the molecule is CC(C)c1ccc(C(NC(=O)C2CC(F)CN2C(=O)Cn2ncc(N(C)C)n2)c2ccccc2)nc1F. The molecule has 0 saturated carbocycles. The molecule has 9 nitrogen and oxygen atoms in total. The van der Waals surface area contributed by atoms with Gasteiger partial charge in [-0.05, 0) is 17.5 Å². The molecule has 2 aromatic heterocycles. The van der Waals surface area contributed by atoms with Crippen molar-refractivity contribution < 1.29 is 18.4 Å². The summed E-state index contributed by atoms with van der Waals surface area (Å²) in [5, 5.41) is 11.2. The summed E-state index contributed by atoms with van der Waals surface area (Å²) in [5.74, 6) is -1.10. The van der Waals surface area contributed by atoms with Crippen molar-refractivity contribution in [3.05, 3.63) is 71.4 Å². The van der Waals surface area contributed by atoms with Gasteiger partial charge < -0.3 is 15.1 Å². The minimum atomic E-state index is -1.35. The van der Waals surface area contributed by atoms with Crippen molar-refractivity contribution in [2.45, 2.75) is 51.0 Å². The third-order valence-corrected chi connectivity index (χ3v) is 6.37. The van der Waals surface area contributed by atoms with Gasteiger partial charge >= 0.3 is 0 Å². The molecule has 0 spiro atoms. The number of nitrogens with zero attached hydrogens (tertiary/aromatic N) is 6. The Morgan fingerprint density at radius 3 is 2.51 bits per heavy atom. The van der Waals surface area contributed by atoms with E-state index in [1.54, 1.807) is 55.4 Å². The predicted molar refractivity (Wildman–Crippen MR) is 134 cm³/mol. The van der Waals surface area contributed by atoms with Crippen molar-refractivity contribution in [3.63, 3.8) is 0 Å². The lowest BCUT2D eigenvalue weighted by Gasteiger charge is -2.26. The van der Waals surface area contributed by atoms with Gasteiger partial charge in [-0.3, -0.25) is 9.59 Å². The number of carbonyl (C=O) groups is 2. The van der Waals surface area contributed by atoms with E-state index in [9.17, 15) is 18.4 Å². The van der Waals surface area contributed by atoms with Crippen molar-refractivity contribution >= 4 is 17.6 Å². The number of benzene rings is 1. The highest BCUT2D eigenvalue weighted by Gasteiger charge is 2.40. The molecule has 37 heavy (non-hydrogen) atoms. The fourth-order valence-corrected chi connectivity index (χ4v) is 4.35. The Balaban J connectivity index is 1.56. The Morgan fingerprint density at radius 2 is 1.89 bits per heavy atom. The molecule has 1 aromatic carbocycles. The summed E-state index contributed by atoms with van der Waals surface area (Å²) in [4.78, 5) is 34.8. The van der Waals surface area contributed by atoms with E-state index >= 15 is 0 Å². The van der Waals surface area contributed by atoms with Gasteiger partial charge in [0.25, 0.3) is 0 Å². The maximum absolute atomic E-state index is 14.7. The number of hydrogen-bond acceptors (Lipinski definition) is 6. The first-order valence-corrected chi connectivity index (χ1v) is 12.2. The molecule has 1 saturated heterocycles. The van der Waals surface area contributed by atoms with Crippen LogP contribution in [0.1, 0.15) is 49.0 Å². The first-order chi connectivity index (χ1) is 17.6. The maximum Gasteiger partial charge on any atom is 0.246 e. The van der Waals surface area contributed by atoms with Gasteiger partial charge in [-0.2, -0.15) is 14.3 Å². The zero-order valence-electron chi connectivity index (χ0n) is 21.3. The molecule has 3 heterocycles. The van der Waals surface area contributed by atoms with E-state index in [4.69, 9.17) is 0 Å². The summed E-state index contributed by atoms with van der Waals surface area (Å²) in [6.07, 6.45) is 0.0297. The quantitative estimate of drug-likeness (QED) is 0.468. The minimum absolute atomic E-state index is 0.0519. The summed E-state index contributed by atoms with van der Waals surface area (Å²) in [5.41, 5.74) is 1.47. The highest BCUT2D eigenvalue weighted by atomic mass is 19.1. The molecule has 1 N–H and O–H groups in total. The molecule has 196 valence electrons. The normalized spacial score (nSPS) is 18.2. The summed E-state index contributed by atoms with van der Waals surface area (Å²) >= 11 is 0. The lowest BCUT2D eigenvalue weighted by atomic mass is 9.99. The molecule has 3 aromatic rings. The van der Waals surface area contributed by atoms with Crippen molar-refractivity contribution in [1.29, 1.82) is 0 Å². The number of aromatic nitrogens is 4. The van der Waals surface area contributed by atoms with Crippen LogP contribution in [-0.2, 0) is 16.1 Å². The fraction of sp³-hybridized carbons (Fsp3) is 0.423. The van der Waals surface area contributed by atoms with Crippen LogP contribution < -0.4 is 10.2 Å². The van der Waals surface area contributed by atoms with Crippen LogP contribution in [0, 0.1) is 5.95 Å². The molecule has 3 unspecified atom stereocenters. The fourth-order valence-electron chi connectivity index (χ4n) is 4.35. The average molecular weight is 512 g/mol. The lowest BCUT2D eigenvalue weighted by molar-refractivity contribution is -0.139. The number of anilines is 1. The second-order valence-electron chi connectivity index (χ2n) is 9.65. The van der Waals surface area contributed by atoms with E-state index < -0.39 is 36.0 Å². The number of hydrogen-bond donors (Lipinski definition) is 1. The van der Waals surface area contributed by atoms with Crippen LogP contribution in [0.15, 0.2) is 48.7 Å². The van der Waals surface area contributed by atoms with Crippen molar-refractivity contribution in [1.82, 2.24) is 30.2 Å². The molecule has 0 radical (unpaired) electrons. The van der Waals surface area contributed by atoms with E-state index in [1.165, 1.54) is 15.9 Å². The zero-order chi connectivity index (χ0) is 26.7. The van der Waals surface area contributed by atoms with E-state index in [2.05, 4.69) is 20.5 Å². The highest BCUT2D eigenvalue weighted by molar-refractivity contribution is 5.88. The Kier molecular flexibility index (Phi) is 7.80. The summed E-state index contributed by atoms with van der Waals surface area (Å²) in [6, 6.07) is 10.5. The zero-order valence-corrected chi connectivity index (χ0v) is 21.3. The van der Waals surface area contributed by atoms with Crippen LogP contribution in [0.3, 0.4) is 0 Å². The van der Waals surface area contributed by atoms with Crippen molar-refractivity contribution in [2.75, 3.05) is 25.5 Å². The van der Waals surface area contributed by atoms with E-state index in [0.29, 0.717) is 22.6 Å². The van der Waals surface area contributed by atoms with E-state index in [0.717, 1.165) is 0 Å². The molecule has 1 aliphatic rings. The van der Waals surface area contributed by atoms with Crippen LogP contribution in [0.5, 0.6) is 0 Å². The molecule has 0 aliphatic carbocycles. The second kappa shape index (κ2) is 11.0. The summed E-state index contributed by atoms with van der Waals surface area (Å²) < 4.78 is 29.2. The Hall–Kier alpha value is -3.89. The first-order valence-electron chi connectivity index (χ1n) is 12.2. The number of carbonyl (C=O) groups excluding carboxylic acids is 2. The summed E-state index contributed by atoms with van der Waals surface area (Å²) in [7, 11) is 3.59. The third-order valence-electron chi connectivity index (χ3n) is 6.37. The van der Waals surface area contributed by atoms with Crippen LogP contribution >= 0.6 is 0 Å². The number of pyridine rings is 1. The molecular formula is C26H31F2N7O2. The lowest BCUT2D eigenvalue weighted by Crippen LogP contribution is -2.48. The van der Waals surface area contributed by atoms with Gasteiger partial charge in [0.2, 0.25) is 17.8 Å². The van der Waals surface area contributed by atoms with Gasteiger partial charge in [-0.1, -0.05) is 50.2 Å². The summed E-state index contributed by atoms with van der Waals surface area (Å²) in [6.45, 7) is 3.31. The Morgan fingerprint density at radius 1 is 1.16 bits per heavy atom. The molecule has 4 rings (SSSR count). The second-order valence-corrected chi connectivity index (χ2v) is 9.65. The maximum atomic E-state index is 14.7. The number of alkyl halides is 1. The molecular weight excluding hydrogens is 480 g/mol. The van der Waals surface area contributed by atoms with Crippen molar-refractivity contribution in [2.24, 2.45) is 0 Å². The molecule has 11 heteroatoms. The Labute approximate surface area is 214 Å². The van der Waals surface area contributed by atoms with E-state index in [1.807, 2.05) is 19.9 Å². The van der Waals surface area contributed by atoms with Gasteiger partial charge in [0.15, 0.2) is 5.82 Å². The van der Waals surface area contributed by atoms with Gasteiger partial charge in [-0.15, -0.1) is 5.10 Å². The molecule has 3 atom stereocenters. The molecule has 2 amide bonds. The van der Waals surface area contributed by atoms with Crippen LogP contribution in [0.2, 0.25) is 0 Å². The van der Waals surface area contributed by atoms with E-state index in [-0.39, 0.29) is 25.4 Å². The predicted octanol–water partition coefficient (Wildman–Crippen LogP) is 2.85. The van der Waals surface area contributed by atoms with Gasteiger partial charge in [0.1, 0.15) is 18.8 Å². The number of nitrogens with one attached hydrogen (secondary N) is 1. The van der Waals surface area contributed by atoms with Crippen molar-refractivity contribution in [3.8, 4) is 0 Å². The molecule has 1 fully saturated rings. The number of halogens is 2. The standard InChI is InChI=1S/C26H31F2N7O2/c1-16(2)19-10-11-20(30-25(19)28)24(17-8-6-5-7-9-17)31-26(37)21-12-18(27)14-34(21)23(36)15-35-29-13-22(32-35)33(3)4/h5-11,13,16,18,21,24H,12,14-15H2,1-4H3,(H,31,37). The van der Waals surface area contributed by atoms with Gasteiger partial charge in [-0.25, -0.2) is 9.37 Å². The Bertz CT molecular complexity index is 1250. The largest absolute Gasteiger partial charge is 0.360 e. The van der Waals surface area contributed by atoms with Crippen LogP contribution in [-0.4, -0.2) is 69.5 Å². The highest BCUT2D eigenvalue weighted by Crippen LogP contribution is 2.27. The van der Waals surface area contributed by atoms with Gasteiger partial charge in [0.05, 0.1) is 24.5 Å². The average Bonchev–Trinajstić information content (AvgIpc) is 3.49. The molecule has 1 aliphatic heterocycles. The minimum Gasteiger partial charge on any atom is -0.360 e. The first kappa shape index (κ1) is 26.2. The van der Waals surface area contributed by atoms with Crippen LogP contribution in [0.4, 0.5) is 14.6 Å². The third kappa shape index (κ3) is 5.92. The topological polar surface area (TPSA) is 96.2 Å².